The Hall–Kier alpha value is -1.49. The van der Waals surface area contributed by atoms with Gasteiger partial charge >= 0.3 is 0 Å². The second-order valence-electron chi connectivity index (χ2n) is 4.90. The lowest BCUT2D eigenvalue weighted by molar-refractivity contribution is 0.315. The van der Waals surface area contributed by atoms with Crippen molar-refractivity contribution < 1.29 is 9.13 Å². The van der Waals surface area contributed by atoms with E-state index < -0.39 is 5.82 Å². The van der Waals surface area contributed by atoms with Crippen LogP contribution in [0.4, 0.5) is 15.8 Å². The number of likely N-dealkylation sites (N-methyl/N-ethyl adjacent to an activating group) is 1. The number of hydrogen-bond acceptors (Lipinski definition) is 4. The molecular formula is C13H20FN3O. The number of hydrogen-bond donors (Lipinski definition) is 1. The largest absolute Gasteiger partial charge is 0.494 e. The summed E-state index contributed by atoms with van der Waals surface area (Å²) in [5.74, 6) is -0.172. The Balaban J connectivity index is 2.24. The Labute approximate surface area is 107 Å². The highest BCUT2D eigenvalue weighted by molar-refractivity contribution is 5.70. The van der Waals surface area contributed by atoms with Crippen molar-refractivity contribution in [3.63, 3.8) is 0 Å². The van der Waals surface area contributed by atoms with Gasteiger partial charge in [0.05, 0.1) is 18.5 Å². The highest BCUT2D eigenvalue weighted by atomic mass is 19.1. The van der Waals surface area contributed by atoms with Gasteiger partial charge in [0, 0.05) is 31.3 Å². The monoisotopic (exact) mass is 253 g/mol. The van der Waals surface area contributed by atoms with Gasteiger partial charge in [0.25, 0.3) is 0 Å². The molecule has 0 aliphatic carbocycles. The summed E-state index contributed by atoms with van der Waals surface area (Å²) in [7, 11) is 5.61. The van der Waals surface area contributed by atoms with Gasteiger partial charge in [-0.15, -0.1) is 0 Å². The molecule has 0 radical (unpaired) electrons. The lowest BCUT2D eigenvalue weighted by Gasteiger charge is -2.23. The van der Waals surface area contributed by atoms with Crippen LogP contribution >= 0.6 is 0 Å². The first-order valence-electron chi connectivity index (χ1n) is 6.07. The van der Waals surface area contributed by atoms with Crippen molar-refractivity contribution in [1.82, 2.24) is 4.90 Å². The fourth-order valence-electron chi connectivity index (χ4n) is 2.37. The Morgan fingerprint density at radius 1 is 1.44 bits per heavy atom. The minimum absolute atomic E-state index is 0.243. The van der Waals surface area contributed by atoms with Gasteiger partial charge in [0.2, 0.25) is 0 Å². The predicted molar refractivity (Wildman–Crippen MR) is 71.7 cm³/mol. The second kappa shape index (κ2) is 5.02. The minimum atomic E-state index is -0.415. The van der Waals surface area contributed by atoms with Gasteiger partial charge in [0.15, 0.2) is 11.6 Å². The molecule has 0 spiro atoms. The van der Waals surface area contributed by atoms with Crippen molar-refractivity contribution in [2.45, 2.75) is 12.5 Å². The molecule has 100 valence electrons. The molecule has 2 N–H and O–H groups in total. The van der Waals surface area contributed by atoms with Crippen LogP contribution in [0.1, 0.15) is 6.42 Å². The van der Waals surface area contributed by atoms with E-state index in [1.807, 2.05) is 0 Å². The fourth-order valence-corrected chi connectivity index (χ4v) is 2.37. The van der Waals surface area contributed by atoms with E-state index in [1.165, 1.54) is 13.2 Å². The van der Waals surface area contributed by atoms with Gasteiger partial charge in [-0.1, -0.05) is 0 Å². The summed E-state index contributed by atoms with van der Waals surface area (Å²) in [5.41, 5.74) is 7.22. The van der Waals surface area contributed by atoms with Gasteiger partial charge in [0.1, 0.15) is 0 Å². The van der Waals surface area contributed by atoms with Crippen LogP contribution < -0.4 is 15.4 Å². The third kappa shape index (κ3) is 2.36. The van der Waals surface area contributed by atoms with Crippen molar-refractivity contribution in [1.29, 1.82) is 0 Å². The van der Waals surface area contributed by atoms with Gasteiger partial charge in [-0.05, 0) is 20.5 Å². The van der Waals surface area contributed by atoms with E-state index >= 15 is 0 Å². The molecule has 5 heteroatoms. The van der Waals surface area contributed by atoms with E-state index in [-0.39, 0.29) is 5.75 Å². The Bertz CT molecular complexity index is 436. The zero-order valence-corrected chi connectivity index (χ0v) is 11.1. The van der Waals surface area contributed by atoms with Crippen LogP contribution in [0.2, 0.25) is 0 Å². The maximum atomic E-state index is 13.5. The number of nitrogen functional groups attached to an aromatic ring is 1. The van der Waals surface area contributed by atoms with E-state index in [9.17, 15) is 4.39 Å². The van der Waals surface area contributed by atoms with Crippen LogP contribution in [0.3, 0.4) is 0 Å². The number of benzene rings is 1. The summed E-state index contributed by atoms with van der Waals surface area (Å²) in [6, 6.07) is 3.53. The van der Waals surface area contributed by atoms with E-state index in [2.05, 4.69) is 23.9 Å². The van der Waals surface area contributed by atoms with Crippen LogP contribution in [0, 0.1) is 5.82 Å². The summed E-state index contributed by atoms with van der Waals surface area (Å²) in [6.07, 6.45) is 1.09. The topological polar surface area (TPSA) is 41.7 Å². The third-order valence-corrected chi connectivity index (χ3v) is 3.54. The molecule has 1 unspecified atom stereocenters. The molecule has 1 atom stereocenters. The number of halogens is 1. The first kappa shape index (κ1) is 13.0. The number of rotatable bonds is 3. The smallest absolute Gasteiger partial charge is 0.167 e. The van der Waals surface area contributed by atoms with Crippen molar-refractivity contribution in [2.24, 2.45) is 0 Å². The highest BCUT2D eigenvalue weighted by Gasteiger charge is 2.26. The predicted octanol–water partition coefficient (Wildman–Crippen LogP) is 1.56. The van der Waals surface area contributed by atoms with Crippen molar-refractivity contribution in [2.75, 3.05) is 44.9 Å². The number of ether oxygens (including phenoxy) is 1. The van der Waals surface area contributed by atoms with Gasteiger partial charge in [-0.25, -0.2) is 4.39 Å². The molecule has 1 aliphatic rings. The average Bonchev–Trinajstić information content (AvgIpc) is 2.78. The molecule has 1 fully saturated rings. The molecule has 0 aromatic heterocycles. The van der Waals surface area contributed by atoms with Crippen molar-refractivity contribution in [3.05, 3.63) is 17.9 Å². The van der Waals surface area contributed by atoms with Crippen molar-refractivity contribution in [3.8, 4) is 5.75 Å². The molecule has 1 aliphatic heterocycles. The molecule has 1 aromatic rings. The van der Waals surface area contributed by atoms with Crippen LogP contribution in [0.15, 0.2) is 12.1 Å². The van der Waals surface area contributed by atoms with Gasteiger partial charge < -0.3 is 20.3 Å². The number of methoxy groups -OCH3 is 1. The van der Waals surface area contributed by atoms with Gasteiger partial charge in [-0.2, -0.15) is 0 Å². The third-order valence-electron chi connectivity index (χ3n) is 3.54. The van der Waals surface area contributed by atoms with Crippen LogP contribution in [0.25, 0.3) is 0 Å². The molecule has 1 saturated heterocycles. The summed E-state index contributed by atoms with van der Waals surface area (Å²) in [6.45, 7) is 1.84. The molecule has 1 aromatic carbocycles. The standard InChI is InChI=1S/C13H20FN3O/c1-16(2)9-4-5-17(8-9)12-7-13(18-3)10(14)6-11(12)15/h6-7,9H,4-5,8,15H2,1-3H3. The SMILES string of the molecule is COc1cc(N2CCC(N(C)C)C2)c(N)cc1F. The maximum absolute atomic E-state index is 13.5. The highest BCUT2D eigenvalue weighted by Crippen LogP contribution is 2.33. The normalized spacial score (nSPS) is 19.6. The molecule has 2 rings (SSSR count). The first-order valence-corrected chi connectivity index (χ1v) is 6.07. The molecule has 0 saturated carbocycles. The van der Waals surface area contributed by atoms with E-state index in [1.54, 1.807) is 6.07 Å². The molecular weight excluding hydrogens is 233 g/mol. The number of anilines is 2. The average molecular weight is 253 g/mol. The second-order valence-corrected chi connectivity index (χ2v) is 4.90. The molecule has 0 amide bonds. The lowest BCUT2D eigenvalue weighted by atomic mass is 10.2. The zero-order chi connectivity index (χ0) is 13.3. The van der Waals surface area contributed by atoms with Crippen LogP contribution in [-0.4, -0.2) is 45.2 Å². The van der Waals surface area contributed by atoms with E-state index in [4.69, 9.17) is 10.5 Å². The zero-order valence-electron chi connectivity index (χ0n) is 11.1. The first-order chi connectivity index (χ1) is 8.52. The lowest BCUT2D eigenvalue weighted by Crippen LogP contribution is -2.31. The van der Waals surface area contributed by atoms with Crippen LogP contribution in [-0.2, 0) is 0 Å². The molecule has 0 bridgehead atoms. The summed E-state index contributed by atoms with van der Waals surface area (Å²) in [4.78, 5) is 4.39. The number of nitrogens with zero attached hydrogens (tertiary/aromatic N) is 2. The van der Waals surface area contributed by atoms with E-state index in [0.717, 1.165) is 25.2 Å². The summed E-state index contributed by atoms with van der Waals surface area (Å²) in [5, 5.41) is 0. The molecule has 18 heavy (non-hydrogen) atoms. The molecule has 4 nitrogen and oxygen atoms in total. The summed E-state index contributed by atoms with van der Waals surface area (Å²) >= 11 is 0. The summed E-state index contributed by atoms with van der Waals surface area (Å²) < 4.78 is 18.5. The Kier molecular flexibility index (Phi) is 3.61. The maximum Gasteiger partial charge on any atom is 0.167 e. The van der Waals surface area contributed by atoms with E-state index in [0.29, 0.717) is 11.7 Å². The Morgan fingerprint density at radius 3 is 2.72 bits per heavy atom. The quantitative estimate of drug-likeness (QED) is 0.830. The van der Waals surface area contributed by atoms with Crippen LogP contribution in [0.5, 0.6) is 5.75 Å². The molecule has 1 heterocycles. The minimum Gasteiger partial charge on any atom is -0.494 e. The number of nitrogens with two attached hydrogens (primary N) is 1. The van der Waals surface area contributed by atoms with Crippen molar-refractivity contribution >= 4 is 11.4 Å². The Morgan fingerprint density at radius 2 is 2.17 bits per heavy atom. The van der Waals surface area contributed by atoms with Gasteiger partial charge in [-0.3, -0.25) is 0 Å². The fraction of sp³-hybridized carbons (Fsp3) is 0.538.